The average molecular weight is 582 g/mol. The third kappa shape index (κ3) is 7.13. The summed E-state index contributed by atoms with van der Waals surface area (Å²) in [5.74, 6) is -2.69. The number of aliphatic imine (C=N–C) groups is 1. The highest BCUT2D eigenvalue weighted by Crippen LogP contribution is 2.34. The maximum atomic E-state index is 14.5. The number of anilines is 1. The van der Waals surface area contributed by atoms with Crippen LogP contribution in [0.25, 0.3) is 0 Å². The van der Waals surface area contributed by atoms with Gasteiger partial charge in [-0.2, -0.15) is 8.42 Å². The van der Waals surface area contributed by atoms with Crippen molar-refractivity contribution in [1.29, 1.82) is 0 Å². The standard InChI is InChI=1S/C17H17F2N5O3S.C7H8O3S/c1-17(9-28(26,27)24(2)16(20)23-17)12-7-11(4-5-13(12)19)22-15(25)14-6-3-10(18)8-21-14;1-6-2-4-7(5-3-6)11(8,9)10/h3-8H,9H2,1-2H3,(H2,20,23)(H,22,25);2-5H,1H3,(H,8,9,10)/t17-;/m0./s1. The van der Waals surface area contributed by atoms with E-state index in [1.165, 1.54) is 44.3 Å². The maximum Gasteiger partial charge on any atom is 0.294 e. The number of hydrogen-bond donors (Lipinski definition) is 3. The predicted molar refractivity (Wildman–Crippen MR) is 140 cm³/mol. The van der Waals surface area contributed by atoms with E-state index in [4.69, 9.17) is 10.3 Å². The van der Waals surface area contributed by atoms with Gasteiger partial charge in [0.2, 0.25) is 16.0 Å². The van der Waals surface area contributed by atoms with E-state index in [9.17, 15) is 30.4 Å². The van der Waals surface area contributed by atoms with Gasteiger partial charge in [-0.1, -0.05) is 17.7 Å². The molecule has 0 saturated heterocycles. The number of rotatable bonds is 4. The summed E-state index contributed by atoms with van der Waals surface area (Å²) in [7, 11) is -6.55. The lowest BCUT2D eigenvalue weighted by Crippen LogP contribution is -2.50. The zero-order chi connectivity index (χ0) is 29.2. The van der Waals surface area contributed by atoms with E-state index in [1.54, 1.807) is 12.1 Å². The SMILES string of the molecule is CN1C(N)=N[C@](C)(c2cc(NC(=O)c3ccc(F)cn3)ccc2F)CS1(=O)=O.Cc1ccc(S(=O)(=O)O)cc1. The Labute approximate surface area is 224 Å². The Hall–Kier alpha value is -3.95. The largest absolute Gasteiger partial charge is 0.369 e. The molecule has 1 amide bonds. The number of aryl methyl sites for hydroxylation is 1. The van der Waals surface area contributed by atoms with Crippen molar-refractivity contribution >= 4 is 37.7 Å². The summed E-state index contributed by atoms with van der Waals surface area (Å²) in [6.07, 6.45) is 0.896. The molecule has 4 rings (SSSR count). The van der Waals surface area contributed by atoms with Crippen LogP contribution < -0.4 is 11.1 Å². The first-order valence-corrected chi connectivity index (χ1v) is 14.2. The first-order chi connectivity index (χ1) is 18.0. The van der Waals surface area contributed by atoms with E-state index in [0.29, 0.717) is 0 Å². The number of nitrogens with zero attached hydrogens (tertiary/aromatic N) is 3. The topological polar surface area (TPSA) is 172 Å². The number of nitrogens with two attached hydrogens (primary N) is 1. The van der Waals surface area contributed by atoms with Gasteiger partial charge in [0.1, 0.15) is 22.9 Å². The Morgan fingerprint density at radius 2 is 1.77 bits per heavy atom. The molecular formula is C24H25F2N5O6S2. The molecule has 2 aromatic carbocycles. The van der Waals surface area contributed by atoms with Crippen molar-refractivity contribution < 1.29 is 35.0 Å². The molecule has 4 N–H and O–H groups in total. The summed E-state index contributed by atoms with van der Waals surface area (Å²) in [5, 5.41) is 2.51. The lowest BCUT2D eigenvalue weighted by atomic mass is 9.93. The van der Waals surface area contributed by atoms with Crippen molar-refractivity contribution in [2.75, 3.05) is 18.1 Å². The summed E-state index contributed by atoms with van der Waals surface area (Å²) in [6.45, 7) is 3.28. The molecule has 0 spiro atoms. The van der Waals surface area contributed by atoms with E-state index in [2.05, 4.69) is 15.3 Å². The van der Waals surface area contributed by atoms with E-state index < -0.39 is 49.0 Å². The molecule has 3 aromatic rings. The number of guanidine groups is 1. The van der Waals surface area contributed by atoms with Gasteiger partial charge in [0.05, 0.1) is 16.8 Å². The number of sulfonamides is 1. The molecule has 208 valence electrons. The molecule has 0 saturated carbocycles. The van der Waals surface area contributed by atoms with E-state index >= 15 is 0 Å². The normalized spacial score (nSPS) is 18.4. The highest BCUT2D eigenvalue weighted by Gasteiger charge is 2.41. The van der Waals surface area contributed by atoms with Crippen LogP contribution in [0.1, 0.15) is 28.5 Å². The fraction of sp³-hybridized carbons (Fsp3) is 0.208. The van der Waals surface area contributed by atoms with Gasteiger partial charge < -0.3 is 11.1 Å². The van der Waals surface area contributed by atoms with Crippen LogP contribution in [-0.4, -0.2) is 55.3 Å². The minimum absolute atomic E-state index is 0.0392. The maximum absolute atomic E-state index is 14.5. The smallest absolute Gasteiger partial charge is 0.294 e. The van der Waals surface area contributed by atoms with Gasteiger partial charge in [-0.25, -0.2) is 31.5 Å². The molecule has 1 atom stereocenters. The number of pyridine rings is 1. The summed E-state index contributed by atoms with van der Waals surface area (Å²) >= 11 is 0. The van der Waals surface area contributed by atoms with Gasteiger partial charge in [-0.15, -0.1) is 0 Å². The van der Waals surface area contributed by atoms with Crippen molar-refractivity contribution in [3.8, 4) is 0 Å². The molecule has 2 heterocycles. The fourth-order valence-corrected chi connectivity index (χ4v) is 5.45. The number of nitrogens with one attached hydrogen (secondary N) is 1. The molecule has 1 aliphatic rings. The summed E-state index contributed by atoms with van der Waals surface area (Å²) in [6, 6.07) is 12.0. The summed E-state index contributed by atoms with van der Waals surface area (Å²) in [5.41, 5.74) is 5.28. The Bertz CT molecular complexity index is 1630. The van der Waals surface area contributed by atoms with Gasteiger partial charge in [0, 0.05) is 18.3 Å². The minimum Gasteiger partial charge on any atom is -0.369 e. The zero-order valence-corrected chi connectivity index (χ0v) is 22.6. The zero-order valence-electron chi connectivity index (χ0n) is 21.0. The summed E-state index contributed by atoms with van der Waals surface area (Å²) in [4.78, 5) is 20.0. The molecule has 0 radical (unpaired) electrons. The molecular weight excluding hydrogens is 556 g/mol. The van der Waals surface area contributed by atoms with Gasteiger partial charge in [-0.3, -0.25) is 9.35 Å². The third-order valence-electron chi connectivity index (χ3n) is 5.65. The van der Waals surface area contributed by atoms with Crippen molar-refractivity contribution in [3.05, 3.63) is 89.2 Å². The van der Waals surface area contributed by atoms with E-state index in [-0.39, 0.29) is 27.8 Å². The van der Waals surface area contributed by atoms with Crippen LogP contribution in [0, 0.1) is 18.6 Å². The number of benzene rings is 2. The number of carbonyl (C=O) groups is 1. The number of carbonyl (C=O) groups excluding carboxylic acids is 1. The highest BCUT2D eigenvalue weighted by molar-refractivity contribution is 7.89. The van der Waals surface area contributed by atoms with Crippen LogP contribution >= 0.6 is 0 Å². The number of amides is 1. The number of aromatic nitrogens is 1. The first kappa shape index (κ1) is 29.6. The van der Waals surface area contributed by atoms with Crippen LogP contribution in [0.2, 0.25) is 0 Å². The Kier molecular flexibility index (Phi) is 8.38. The molecule has 15 heteroatoms. The van der Waals surface area contributed by atoms with Crippen molar-refractivity contribution in [3.63, 3.8) is 0 Å². The first-order valence-electron chi connectivity index (χ1n) is 11.1. The molecule has 0 aliphatic carbocycles. The van der Waals surface area contributed by atoms with Gasteiger partial charge in [0.15, 0.2) is 0 Å². The predicted octanol–water partition coefficient (Wildman–Crippen LogP) is 2.66. The van der Waals surface area contributed by atoms with Crippen molar-refractivity contribution in [2.24, 2.45) is 10.7 Å². The average Bonchev–Trinajstić information content (AvgIpc) is 2.84. The van der Waals surface area contributed by atoms with E-state index in [1.807, 2.05) is 6.92 Å². The second-order valence-electron chi connectivity index (χ2n) is 8.77. The second kappa shape index (κ2) is 11.0. The van der Waals surface area contributed by atoms with Gasteiger partial charge in [-0.05, 0) is 56.3 Å². The molecule has 0 unspecified atom stereocenters. The molecule has 1 aromatic heterocycles. The summed E-state index contributed by atoms with van der Waals surface area (Å²) < 4.78 is 82.4. The fourth-order valence-electron chi connectivity index (χ4n) is 3.52. The van der Waals surface area contributed by atoms with Crippen LogP contribution in [-0.2, 0) is 25.7 Å². The third-order valence-corrected chi connectivity index (χ3v) is 8.46. The van der Waals surface area contributed by atoms with E-state index in [0.717, 1.165) is 28.2 Å². The molecule has 1 aliphatic heterocycles. The Balaban J connectivity index is 0.000000320. The lowest BCUT2D eigenvalue weighted by Gasteiger charge is -2.34. The van der Waals surface area contributed by atoms with Gasteiger partial charge >= 0.3 is 0 Å². The van der Waals surface area contributed by atoms with Crippen LogP contribution in [0.3, 0.4) is 0 Å². The molecule has 11 nitrogen and oxygen atoms in total. The van der Waals surface area contributed by atoms with Crippen LogP contribution in [0.5, 0.6) is 0 Å². The van der Waals surface area contributed by atoms with Crippen LogP contribution in [0.15, 0.2) is 70.7 Å². The van der Waals surface area contributed by atoms with Crippen molar-refractivity contribution in [1.82, 2.24) is 9.29 Å². The van der Waals surface area contributed by atoms with Crippen molar-refractivity contribution in [2.45, 2.75) is 24.3 Å². The monoisotopic (exact) mass is 581 g/mol. The quantitative estimate of drug-likeness (QED) is 0.395. The minimum atomic E-state index is -4.02. The number of halogens is 2. The Morgan fingerprint density at radius 3 is 2.31 bits per heavy atom. The number of hydrogen-bond acceptors (Lipinski definition) is 8. The molecule has 0 bridgehead atoms. The highest BCUT2D eigenvalue weighted by atomic mass is 32.2. The van der Waals surface area contributed by atoms with Crippen LogP contribution in [0.4, 0.5) is 14.5 Å². The van der Waals surface area contributed by atoms with Gasteiger partial charge in [0.25, 0.3) is 16.0 Å². The Morgan fingerprint density at radius 1 is 1.13 bits per heavy atom. The second-order valence-corrected chi connectivity index (χ2v) is 12.2. The lowest BCUT2D eigenvalue weighted by molar-refractivity contribution is 0.102. The molecule has 39 heavy (non-hydrogen) atoms. The molecule has 0 fully saturated rings.